The highest BCUT2D eigenvalue weighted by molar-refractivity contribution is 7.85. The molecular weight excluding hydrogens is 320 g/mol. The van der Waals surface area contributed by atoms with Gasteiger partial charge in [0.1, 0.15) is 11.2 Å². The third-order valence-electron chi connectivity index (χ3n) is 3.13. The van der Waals surface area contributed by atoms with Gasteiger partial charge in [0, 0.05) is 0 Å². The maximum atomic E-state index is 12.1. The highest BCUT2D eigenvalue weighted by Crippen LogP contribution is 2.27. The molecule has 0 radical (unpaired) electrons. The second-order valence-corrected chi connectivity index (χ2v) is 8.08. The number of hydrogen-bond acceptors (Lipinski definition) is 6. The molecule has 0 aliphatic heterocycles. The summed E-state index contributed by atoms with van der Waals surface area (Å²) in [6, 6.07) is 6.28. The van der Waals surface area contributed by atoms with Crippen molar-refractivity contribution in [3.8, 4) is 0 Å². The Morgan fingerprint density at radius 3 is 2.35 bits per heavy atom. The Morgan fingerprint density at radius 1 is 1.26 bits per heavy atom. The van der Waals surface area contributed by atoms with E-state index in [1.165, 1.54) is 6.07 Å². The predicted molar refractivity (Wildman–Crippen MR) is 86.6 cm³/mol. The molecule has 1 unspecified atom stereocenters. The molecule has 0 aliphatic rings. The zero-order valence-corrected chi connectivity index (χ0v) is 14.9. The summed E-state index contributed by atoms with van der Waals surface area (Å²) < 4.78 is 32.3. The maximum Gasteiger partial charge on any atom is 0.338 e. The average Bonchev–Trinajstić information content (AvgIpc) is 2.42. The molecule has 0 saturated carbocycles. The Bertz CT molecular complexity index is 659. The minimum Gasteiger partial charge on any atom is -0.456 e. The lowest BCUT2D eigenvalue weighted by molar-refractivity contribution is -0.0110. The smallest absolute Gasteiger partial charge is 0.338 e. The van der Waals surface area contributed by atoms with Crippen LogP contribution in [0.2, 0.25) is 0 Å². The van der Waals surface area contributed by atoms with Gasteiger partial charge in [-0.1, -0.05) is 19.1 Å². The van der Waals surface area contributed by atoms with Crippen molar-refractivity contribution in [3.63, 3.8) is 0 Å². The van der Waals surface area contributed by atoms with Gasteiger partial charge in [-0.2, -0.15) is 8.42 Å². The molecule has 1 aromatic carbocycles. The summed E-state index contributed by atoms with van der Waals surface area (Å²) in [5, 5.41) is 10.7. The molecule has 7 heteroatoms. The maximum absolute atomic E-state index is 12.1. The lowest BCUT2D eigenvalue weighted by Crippen LogP contribution is -2.32. The van der Waals surface area contributed by atoms with Crippen LogP contribution in [0, 0.1) is 0 Å². The molecule has 1 N–H and O–H groups in total. The van der Waals surface area contributed by atoms with Crippen molar-refractivity contribution in [2.24, 2.45) is 0 Å². The fraction of sp³-hybridized carbons (Fsp3) is 0.562. The summed E-state index contributed by atoms with van der Waals surface area (Å²) >= 11 is 0. The van der Waals surface area contributed by atoms with Gasteiger partial charge in [-0.3, -0.25) is 4.18 Å². The first-order valence-corrected chi connectivity index (χ1v) is 9.08. The van der Waals surface area contributed by atoms with Gasteiger partial charge in [0.05, 0.1) is 18.4 Å². The normalized spacial score (nSPS) is 15.0. The van der Waals surface area contributed by atoms with Crippen LogP contribution in [0.1, 0.15) is 50.0 Å². The molecule has 0 aromatic heterocycles. The van der Waals surface area contributed by atoms with Crippen molar-refractivity contribution in [2.45, 2.75) is 45.3 Å². The number of carbonyl (C=O) groups is 1. The fourth-order valence-corrected chi connectivity index (χ4v) is 2.28. The quantitative estimate of drug-likeness (QED) is 0.628. The van der Waals surface area contributed by atoms with E-state index in [2.05, 4.69) is 0 Å². The van der Waals surface area contributed by atoms with E-state index in [0.29, 0.717) is 5.56 Å². The lowest BCUT2D eigenvalue weighted by atomic mass is 9.91. The van der Waals surface area contributed by atoms with E-state index < -0.39 is 33.9 Å². The van der Waals surface area contributed by atoms with E-state index in [4.69, 9.17) is 8.92 Å². The lowest BCUT2D eigenvalue weighted by Gasteiger charge is -2.27. The van der Waals surface area contributed by atoms with E-state index in [-0.39, 0.29) is 12.0 Å². The van der Waals surface area contributed by atoms with Gasteiger partial charge < -0.3 is 9.84 Å². The summed E-state index contributed by atoms with van der Waals surface area (Å²) in [6.07, 6.45) is 1.14. The van der Waals surface area contributed by atoms with Crippen LogP contribution in [0.4, 0.5) is 0 Å². The van der Waals surface area contributed by atoms with Gasteiger partial charge in [-0.25, -0.2) is 4.79 Å². The molecule has 0 bridgehead atoms. The summed E-state index contributed by atoms with van der Waals surface area (Å²) in [4.78, 5) is 12.1. The van der Waals surface area contributed by atoms with Crippen LogP contribution >= 0.6 is 0 Å². The standard InChI is InChI=1S/C16H24O6S/c1-6-16(18,11-21-23(5,19)20)13-9-7-8-12(10-13)14(17)22-15(2,3)4/h7-10,18H,6,11H2,1-5H3. The molecule has 0 spiro atoms. The predicted octanol–water partition coefficient (Wildman–Crippen LogP) is 2.22. The van der Waals surface area contributed by atoms with E-state index in [0.717, 1.165) is 6.26 Å². The molecule has 0 saturated heterocycles. The molecule has 0 amide bonds. The minimum absolute atomic E-state index is 0.223. The Labute approximate surface area is 137 Å². The monoisotopic (exact) mass is 344 g/mol. The second-order valence-electron chi connectivity index (χ2n) is 6.43. The van der Waals surface area contributed by atoms with E-state index >= 15 is 0 Å². The van der Waals surface area contributed by atoms with Gasteiger partial charge in [-0.15, -0.1) is 0 Å². The van der Waals surface area contributed by atoms with E-state index in [1.54, 1.807) is 45.9 Å². The van der Waals surface area contributed by atoms with Gasteiger partial charge >= 0.3 is 5.97 Å². The number of esters is 1. The van der Waals surface area contributed by atoms with Crippen molar-refractivity contribution in [1.82, 2.24) is 0 Å². The first kappa shape index (κ1) is 19.6. The number of aliphatic hydroxyl groups is 1. The number of benzene rings is 1. The molecule has 130 valence electrons. The van der Waals surface area contributed by atoms with Crippen LogP contribution in [-0.2, 0) is 24.6 Å². The molecular formula is C16H24O6S. The van der Waals surface area contributed by atoms with Crippen LogP contribution in [0.3, 0.4) is 0 Å². The summed E-state index contributed by atoms with van der Waals surface area (Å²) in [7, 11) is -3.68. The van der Waals surface area contributed by atoms with Gasteiger partial charge in [0.2, 0.25) is 0 Å². The topological polar surface area (TPSA) is 89.9 Å². The Hall–Kier alpha value is -1.44. The van der Waals surface area contributed by atoms with Crippen LogP contribution in [0.5, 0.6) is 0 Å². The van der Waals surface area contributed by atoms with Gasteiger partial charge in [0.25, 0.3) is 10.1 Å². The van der Waals surface area contributed by atoms with Crippen molar-refractivity contribution in [3.05, 3.63) is 35.4 Å². The molecule has 0 aliphatic carbocycles. The van der Waals surface area contributed by atoms with Gasteiger partial charge in [-0.05, 0) is 44.9 Å². The Balaban J connectivity index is 3.07. The number of ether oxygens (including phenoxy) is 1. The third-order valence-corrected chi connectivity index (χ3v) is 3.68. The average molecular weight is 344 g/mol. The molecule has 1 aromatic rings. The van der Waals surface area contributed by atoms with Crippen molar-refractivity contribution in [2.75, 3.05) is 12.9 Å². The molecule has 0 heterocycles. The molecule has 23 heavy (non-hydrogen) atoms. The van der Waals surface area contributed by atoms with Crippen molar-refractivity contribution < 1.29 is 27.2 Å². The third kappa shape index (κ3) is 6.29. The first-order chi connectivity index (χ1) is 10.4. The van der Waals surface area contributed by atoms with Crippen LogP contribution in [0.25, 0.3) is 0 Å². The molecule has 1 rings (SSSR count). The summed E-state index contributed by atoms with van der Waals surface area (Å²) in [5.41, 5.74) is -1.47. The minimum atomic E-state index is -3.68. The first-order valence-electron chi connectivity index (χ1n) is 7.27. The van der Waals surface area contributed by atoms with Crippen molar-refractivity contribution in [1.29, 1.82) is 0 Å². The Morgan fingerprint density at radius 2 is 1.87 bits per heavy atom. The fourth-order valence-electron chi connectivity index (χ4n) is 1.87. The van der Waals surface area contributed by atoms with Crippen LogP contribution in [-0.4, -0.2) is 38.0 Å². The number of carbonyl (C=O) groups excluding carboxylic acids is 1. The number of hydrogen-bond donors (Lipinski definition) is 1. The van der Waals surface area contributed by atoms with Crippen molar-refractivity contribution >= 4 is 16.1 Å². The second kappa shape index (κ2) is 6.98. The van der Waals surface area contributed by atoms with E-state index in [1.807, 2.05) is 0 Å². The Kier molecular flexibility index (Phi) is 5.95. The molecule has 6 nitrogen and oxygen atoms in total. The zero-order chi connectivity index (χ0) is 17.9. The van der Waals surface area contributed by atoms with Crippen LogP contribution in [0.15, 0.2) is 24.3 Å². The van der Waals surface area contributed by atoms with Gasteiger partial charge in [0.15, 0.2) is 0 Å². The largest absolute Gasteiger partial charge is 0.456 e. The highest BCUT2D eigenvalue weighted by atomic mass is 32.2. The molecule has 0 fully saturated rings. The SMILES string of the molecule is CCC(O)(COS(C)(=O)=O)c1cccc(C(=O)OC(C)(C)C)c1. The van der Waals surface area contributed by atoms with Crippen LogP contribution < -0.4 is 0 Å². The number of rotatable bonds is 6. The summed E-state index contributed by atoms with van der Waals surface area (Å²) in [6.45, 7) is 6.57. The molecule has 1 atom stereocenters. The zero-order valence-electron chi connectivity index (χ0n) is 14.1. The highest BCUT2D eigenvalue weighted by Gasteiger charge is 2.30. The summed E-state index contributed by atoms with van der Waals surface area (Å²) in [5.74, 6) is -0.512. The van der Waals surface area contributed by atoms with E-state index in [9.17, 15) is 18.3 Å².